The first-order valence-corrected chi connectivity index (χ1v) is 35.1. The van der Waals surface area contributed by atoms with E-state index in [0.29, 0.717) is 23.9 Å². The molecule has 2 N–H and O–H groups in total. The van der Waals surface area contributed by atoms with E-state index in [9.17, 15) is 19.4 Å². The lowest BCUT2D eigenvalue weighted by molar-refractivity contribution is -0.870. The third-order valence-electron chi connectivity index (χ3n) is 15.7. The van der Waals surface area contributed by atoms with Gasteiger partial charge in [-0.1, -0.05) is 321 Å². The van der Waals surface area contributed by atoms with Crippen LogP contribution in [0.15, 0.2) is 24.3 Å². The van der Waals surface area contributed by atoms with Crippen LogP contribution in [0.4, 0.5) is 0 Å². The van der Waals surface area contributed by atoms with Gasteiger partial charge >= 0.3 is 0 Å². The molecule has 0 aromatic carbocycles. The summed E-state index contributed by atoms with van der Waals surface area (Å²) in [6.45, 7) is 4.76. The van der Waals surface area contributed by atoms with Crippen molar-refractivity contribution in [1.29, 1.82) is 0 Å². The van der Waals surface area contributed by atoms with Gasteiger partial charge in [-0.15, -0.1) is 0 Å². The SMILES string of the molecule is CCCCCCC/C=C\C/C=C\CCCCCCCCCCCCCCCCCCCCCCCCCCCCCC(=O)NC(COP(=O)([O-])OCC[N+](C)(C)C)C(O)CCCCCCCCCCCCCCCCC. The van der Waals surface area contributed by atoms with Crippen molar-refractivity contribution in [1.82, 2.24) is 5.32 Å². The Bertz CT molecular complexity index is 1290. The monoisotopic (exact) mass is 1090 g/mol. The van der Waals surface area contributed by atoms with Gasteiger partial charge in [0.25, 0.3) is 7.82 Å². The summed E-state index contributed by atoms with van der Waals surface area (Å²) in [5.41, 5.74) is 0. The minimum Gasteiger partial charge on any atom is -0.756 e. The van der Waals surface area contributed by atoms with Crippen LogP contribution in [0.2, 0.25) is 0 Å². The van der Waals surface area contributed by atoms with Gasteiger partial charge in [-0.3, -0.25) is 9.36 Å². The molecule has 0 aliphatic carbocycles. The number of rotatable bonds is 63. The van der Waals surface area contributed by atoms with Crippen molar-refractivity contribution >= 4 is 13.7 Å². The van der Waals surface area contributed by atoms with Crippen molar-refractivity contribution in [3.05, 3.63) is 24.3 Å². The lowest BCUT2D eigenvalue weighted by Gasteiger charge is -2.30. The summed E-state index contributed by atoms with van der Waals surface area (Å²) < 4.78 is 23.5. The first-order valence-electron chi connectivity index (χ1n) is 33.7. The predicted octanol–water partition coefficient (Wildman–Crippen LogP) is 20.5. The Balaban J connectivity index is 3.85. The van der Waals surface area contributed by atoms with Crippen LogP contribution in [0, 0.1) is 0 Å². The number of allylic oxidation sites excluding steroid dienone is 4. The Morgan fingerprint density at radius 2 is 0.763 bits per heavy atom. The van der Waals surface area contributed by atoms with Crippen molar-refractivity contribution in [3.63, 3.8) is 0 Å². The average Bonchev–Trinajstić information content (AvgIpc) is 3.38. The highest BCUT2D eigenvalue weighted by Gasteiger charge is 2.24. The molecule has 0 saturated carbocycles. The third kappa shape index (κ3) is 60.6. The summed E-state index contributed by atoms with van der Waals surface area (Å²) in [5, 5.41) is 14.0. The second-order valence-electron chi connectivity index (χ2n) is 24.5. The number of quaternary nitrogens is 1. The van der Waals surface area contributed by atoms with Gasteiger partial charge in [-0.05, 0) is 44.9 Å². The summed E-state index contributed by atoms with van der Waals surface area (Å²) in [6, 6.07) is -0.797. The number of phosphoric acid groups is 1. The van der Waals surface area contributed by atoms with Crippen molar-refractivity contribution < 1.29 is 32.9 Å². The van der Waals surface area contributed by atoms with Gasteiger partial charge in [0.05, 0.1) is 39.9 Å². The third-order valence-corrected chi connectivity index (χ3v) is 16.7. The number of aliphatic hydroxyl groups is 1. The zero-order chi connectivity index (χ0) is 55.6. The van der Waals surface area contributed by atoms with Crippen LogP contribution in [0.3, 0.4) is 0 Å². The number of likely N-dealkylation sites (N-methyl/N-ethyl adjacent to an activating group) is 1. The number of nitrogens with zero attached hydrogens (tertiary/aromatic N) is 1. The Labute approximate surface area is 474 Å². The molecule has 0 spiro atoms. The minimum absolute atomic E-state index is 0.0154. The van der Waals surface area contributed by atoms with Gasteiger partial charge in [-0.2, -0.15) is 0 Å². The number of hydrogen-bond donors (Lipinski definition) is 2. The predicted molar refractivity (Wildman–Crippen MR) is 330 cm³/mol. The summed E-state index contributed by atoms with van der Waals surface area (Å²) in [4.78, 5) is 25.6. The summed E-state index contributed by atoms with van der Waals surface area (Å²) in [5.74, 6) is -0.157. The standard InChI is InChI=1S/C67H133N2O6P/c1-6-8-10-12-14-16-18-20-22-23-24-25-26-27-28-29-30-31-32-33-34-35-36-37-38-39-40-41-42-43-44-45-47-49-51-53-55-57-59-61-67(71)68-65(64-75-76(72,73)74-63-62-69(3,4)5)66(70)60-58-56-54-52-50-48-46-21-19-17-15-13-11-9-7-2/h18,20,23-24,65-66,70H,6-17,19,21-22,25-64H2,1-5H3,(H-,68,71,72,73)/b20-18-,24-23-. The van der Waals surface area contributed by atoms with Gasteiger partial charge in [-0.25, -0.2) is 0 Å². The van der Waals surface area contributed by atoms with Crippen molar-refractivity contribution in [3.8, 4) is 0 Å². The van der Waals surface area contributed by atoms with Crippen LogP contribution < -0.4 is 10.2 Å². The van der Waals surface area contributed by atoms with E-state index in [1.54, 1.807) is 0 Å². The zero-order valence-electron chi connectivity index (χ0n) is 51.7. The fraction of sp³-hybridized carbons (Fsp3) is 0.925. The number of carbonyl (C=O) groups excluding carboxylic acids is 1. The normalized spacial score (nSPS) is 13.8. The number of unbranched alkanes of at least 4 members (excludes halogenated alkanes) is 46. The topological polar surface area (TPSA) is 108 Å². The molecule has 0 aliphatic heterocycles. The fourth-order valence-electron chi connectivity index (χ4n) is 10.4. The highest BCUT2D eigenvalue weighted by Crippen LogP contribution is 2.38. The van der Waals surface area contributed by atoms with Crippen LogP contribution in [0.1, 0.15) is 348 Å². The van der Waals surface area contributed by atoms with Crippen molar-refractivity contribution in [2.24, 2.45) is 0 Å². The molecule has 0 saturated heterocycles. The fourth-order valence-corrected chi connectivity index (χ4v) is 11.2. The van der Waals surface area contributed by atoms with Gasteiger partial charge < -0.3 is 28.8 Å². The molecule has 0 heterocycles. The first-order chi connectivity index (χ1) is 37.0. The molecule has 0 radical (unpaired) electrons. The van der Waals surface area contributed by atoms with E-state index < -0.39 is 20.0 Å². The molecule has 3 unspecified atom stereocenters. The number of amides is 1. The number of phosphoric ester groups is 1. The summed E-state index contributed by atoms with van der Waals surface area (Å²) in [6.07, 6.45) is 75.5. The molecule has 1 amide bonds. The number of carbonyl (C=O) groups is 1. The molecule has 0 fully saturated rings. The van der Waals surface area contributed by atoms with E-state index in [-0.39, 0.29) is 19.1 Å². The van der Waals surface area contributed by atoms with E-state index in [0.717, 1.165) is 44.9 Å². The first kappa shape index (κ1) is 75.0. The number of aliphatic hydroxyl groups excluding tert-OH is 1. The maximum absolute atomic E-state index is 13.0. The molecule has 0 rings (SSSR count). The highest BCUT2D eigenvalue weighted by atomic mass is 31.2. The van der Waals surface area contributed by atoms with Crippen molar-refractivity contribution in [2.45, 2.75) is 360 Å². The molecule has 9 heteroatoms. The second-order valence-corrected chi connectivity index (χ2v) is 25.9. The molecule has 452 valence electrons. The molecule has 0 aromatic heterocycles. The summed E-state index contributed by atoms with van der Waals surface area (Å²) >= 11 is 0. The quantitative estimate of drug-likeness (QED) is 0.0272. The van der Waals surface area contributed by atoms with E-state index in [4.69, 9.17) is 9.05 Å². The molecule has 3 atom stereocenters. The van der Waals surface area contributed by atoms with Gasteiger partial charge in [0.15, 0.2) is 0 Å². The van der Waals surface area contributed by atoms with Gasteiger partial charge in [0.2, 0.25) is 5.91 Å². The minimum atomic E-state index is -4.57. The van der Waals surface area contributed by atoms with E-state index in [1.807, 2.05) is 21.1 Å². The lowest BCUT2D eigenvalue weighted by atomic mass is 10.0. The molecule has 8 nitrogen and oxygen atoms in total. The van der Waals surface area contributed by atoms with Crippen LogP contribution in [0.5, 0.6) is 0 Å². The second kappa shape index (κ2) is 58.6. The van der Waals surface area contributed by atoms with E-state index in [1.165, 1.54) is 276 Å². The van der Waals surface area contributed by atoms with Gasteiger partial charge in [0, 0.05) is 6.42 Å². The molecule has 0 aromatic rings. The molecule has 0 aliphatic rings. The molecular formula is C67H133N2O6P. The molecular weight excluding hydrogens is 960 g/mol. The largest absolute Gasteiger partial charge is 0.756 e. The van der Waals surface area contributed by atoms with Gasteiger partial charge in [0.1, 0.15) is 13.2 Å². The maximum atomic E-state index is 13.0. The zero-order valence-corrected chi connectivity index (χ0v) is 52.6. The summed E-state index contributed by atoms with van der Waals surface area (Å²) in [7, 11) is 1.32. The highest BCUT2D eigenvalue weighted by molar-refractivity contribution is 7.45. The van der Waals surface area contributed by atoms with E-state index in [2.05, 4.69) is 43.5 Å². The van der Waals surface area contributed by atoms with E-state index >= 15 is 0 Å². The lowest BCUT2D eigenvalue weighted by Crippen LogP contribution is -2.46. The molecule has 0 bridgehead atoms. The number of nitrogens with one attached hydrogen (secondary N) is 1. The van der Waals surface area contributed by atoms with Crippen LogP contribution in [-0.4, -0.2) is 68.5 Å². The Morgan fingerprint density at radius 3 is 1.09 bits per heavy atom. The van der Waals surface area contributed by atoms with Crippen LogP contribution >= 0.6 is 7.82 Å². The Morgan fingerprint density at radius 1 is 0.461 bits per heavy atom. The van der Waals surface area contributed by atoms with Crippen LogP contribution in [0.25, 0.3) is 0 Å². The Kier molecular flexibility index (Phi) is 57.8. The maximum Gasteiger partial charge on any atom is 0.268 e. The van der Waals surface area contributed by atoms with Crippen LogP contribution in [-0.2, 0) is 18.4 Å². The smallest absolute Gasteiger partial charge is 0.268 e. The molecule has 76 heavy (non-hydrogen) atoms. The Hall–Kier alpha value is -1.02. The number of hydrogen-bond acceptors (Lipinski definition) is 6. The average molecular weight is 1090 g/mol. The van der Waals surface area contributed by atoms with Crippen molar-refractivity contribution in [2.75, 3.05) is 40.9 Å².